The second kappa shape index (κ2) is 9.57. The molecule has 2 nitrogen and oxygen atoms in total. The maximum atomic E-state index is 11.2. The SMILES string of the molecule is CCCCCCCCCCCCC1=CS(=O)(=O)CC1. The molecule has 0 unspecified atom stereocenters. The highest BCUT2D eigenvalue weighted by Crippen LogP contribution is 2.22. The number of allylic oxidation sites excluding steroid dienone is 1. The van der Waals surface area contributed by atoms with Crippen LogP contribution in [0.15, 0.2) is 11.0 Å². The molecule has 1 aliphatic rings. The van der Waals surface area contributed by atoms with Gasteiger partial charge in [-0.2, -0.15) is 0 Å². The van der Waals surface area contributed by atoms with Crippen LogP contribution in [0.5, 0.6) is 0 Å². The fraction of sp³-hybridized carbons (Fsp3) is 0.875. The summed E-state index contributed by atoms with van der Waals surface area (Å²) in [4.78, 5) is 0. The monoisotopic (exact) mass is 286 g/mol. The van der Waals surface area contributed by atoms with Crippen molar-refractivity contribution in [1.29, 1.82) is 0 Å². The topological polar surface area (TPSA) is 34.1 Å². The minimum atomic E-state index is -2.82. The van der Waals surface area contributed by atoms with Crippen LogP contribution in [0.2, 0.25) is 0 Å². The van der Waals surface area contributed by atoms with Crippen molar-refractivity contribution < 1.29 is 8.42 Å². The molecule has 0 N–H and O–H groups in total. The number of unbranched alkanes of at least 4 members (excludes halogenated alkanes) is 9. The molecule has 0 spiro atoms. The third kappa shape index (κ3) is 8.46. The predicted octanol–water partition coefficient (Wildman–Crippen LogP) is 5.00. The minimum absolute atomic E-state index is 0.347. The van der Waals surface area contributed by atoms with Crippen molar-refractivity contribution in [2.75, 3.05) is 5.75 Å². The molecule has 1 aliphatic heterocycles. The van der Waals surface area contributed by atoms with Crippen LogP contribution in [-0.4, -0.2) is 14.2 Å². The van der Waals surface area contributed by atoms with Gasteiger partial charge >= 0.3 is 0 Å². The lowest BCUT2D eigenvalue weighted by Gasteiger charge is -2.02. The first-order valence-corrected chi connectivity index (χ1v) is 9.78. The summed E-state index contributed by atoms with van der Waals surface area (Å²) in [7, 11) is -2.82. The molecule has 1 rings (SSSR count). The molecule has 0 aromatic rings. The van der Waals surface area contributed by atoms with Gasteiger partial charge in [-0.05, 0) is 19.3 Å². The molecule has 112 valence electrons. The largest absolute Gasteiger partial charge is 0.224 e. The summed E-state index contributed by atoms with van der Waals surface area (Å²) in [5.74, 6) is 0.347. The van der Waals surface area contributed by atoms with Crippen LogP contribution in [0.1, 0.15) is 84.0 Å². The molecule has 3 heteroatoms. The van der Waals surface area contributed by atoms with Gasteiger partial charge in [0, 0.05) is 5.41 Å². The molecular formula is C16H30O2S. The average molecular weight is 286 g/mol. The van der Waals surface area contributed by atoms with E-state index in [0.29, 0.717) is 5.75 Å². The van der Waals surface area contributed by atoms with Gasteiger partial charge in [-0.3, -0.25) is 0 Å². The molecule has 0 aromatic heterocycles. The van der Waals surface area contributed by atoms with E-state index in [9.17, 15) is 8.42 Å². The zero-order valence-electron chi connectivity index (χ0n) is 12.5. The molecule has 0 saturated heterocycles. The molecular weight excluding hydrogens is 256 g/mol. The summed E-state index contributed by atoms with van der Waals surface area (Å²) in [5.41, 5.74) is 1.15. The Morgan fingerprint density at radius 1 is 0.895 bits per heavy atom. The van der Waals surface area contributed by atoms with Crippen molar-refractivity contribution in [2.24, 2.45) is 0 Å². The Labute approximate surface area is 119 Å². The van der Waals surface area contributed by atoms with Crippen LogP contribution in [0.25, 0.3) is 0 Å². The van der Waals surface area contributed by atoms with E-state index in [4.69, 9.17) is 0 Å². The maximum Gasteiger partial charge on any atom is 0.171 e. The van der Waals surface area contributed by atoms with Crippen molar-refractivity contribution >= 4 is 9.84 Å². The van der Waals surface area contributed by atoms with E-state index in [0.717, 1.165) is 24.8 Å². The standard InChI is InChI=1S/C16H30O2S/c1-2-3-4-5-6-7-8-9-10-11-12-16-13-14-19(17,18)15-16/h15H,2-14H2,1H3. The van der Waals surface area contributed by atoms with Crippen LogP contribution >= 0.6 is 0 Å². The van der Waals surface area contributed by atoms with Gasteiger partial charge < -0.3 is 0 Å². The molecule has 0 saturated carbocycles. The Hall–Kier alpha value is -0.310. The van der Waals surface area contributed by atoms with Crippen molar-refractivity contribution in [3.63, 3.8) is 0 Å². The Balaban J connectivity index is 1.87. The third-order valence-corrected chi connectivity index (χ3v) is 5.37. The van der Waals surface area contributed by atoms with E-state index in [1.54, 1.807) is 0 Å². The van der Waals surface area contributed by atoms with Gasteiger partial charge in [0.25, 0.3) is 0 Å². The lowest BCUT2D eigenvalue weighted by atomic mass is 10.0. The Morgan fingerprint density at radius 3 is 1.89 bits per heavy atom. The van der Waals surface area contributed by atoms with E-state index in [-0.39, 0.29) is 0 Å². The average Bonchev–Trinajstić information content (AvgIpc) is 2.71. The molecule has 0 fully saturated rings. The minimum Gasteiger partial charge on any atom is -0.224 e. The van der Waals surface area contributed by atoms with Crippen molar-refractivity contribution in [2.45, 2.75) is 84.0 Å². The Morgan fingerprint density at radius 2 is 1.42 bits per heavy atom. The van der Waals surface area contributed by atoms with Gasteiger partial charge in [-0.1, -0.05) is 70.3 Å². The van der Waals surface area contributed by atoms with E-state index < -0.39 is 9.84 Å². The van der Waals surface area contributed by atoms with E-state index in [1.807, 2.05) is 0 Å². The van der Waals surface area contributed by atoms with Gasteiger partial charge in [0.05, 0.1) is 5.75 Å². The molecule has 1 heterocycles. The van der Waals surface area contributed by atoms with E-state index >= 15 is 0 Å². The van der Waals surface area contributed by atoms with Crippen molar-refractivity contribution in [3.8, 4) is 0 Å². The maximum absolute atomic E-state index is 11.2. The first kappa shape index (κ1) is 16.7. The normalized spacial score (nSPS) is 17.6. The summed E-state index contributed by atoms with van der Waals surface area (Å²) < 4.78 is 22.5. The lowest BCUT2D eigenvalue weighted by molar-refractivity contribution is 0.555. The lowest BCUT2D eigenvalue weighted by Crippen LogP contribution is -1.92. The van der Waals surface area contributed by atoms with Crippen molar-refractivity contribution in [3.05, 3.63) is 11.0 Å². The van der Waals surface area contributed by atoms with Gasteiger partial charge in [0.1, 0.15) is 0 Å². The van der Waals surface area contributed by atoms with Crippen LogP contribution in [0, 0.1) is 0 Å². The summed E-state index contributed by atoms with van der Waals surface area (Å²) in [5, 5.41) is 1.51. The number of hydrogen-bond donors (Lipinski definition) is 0. The van der Waals surface area contributed by atoms with Gasteiger partial charge in [0.2, 0.25) is 0 Å². The first-order chi connectivity index (χ1) is 9.14. The highest BCUT2D eigenvalue weighted by atomic mass is 32.2. The Kier molecular flexibility index (Phi) is 8.43. The fourth-order valence-electron chi connectivity index (χ4n) is 2.67. The number of hydrogen-bond acceptors (Lipinski definition) is 2. The summed E-state index contributed by atoms with van der Waals surface area (Å²) >= 11 is 0. The Bertz CT molecular complexity index is 355. The quantitative estimate of drug-likeness (QED) is 0.501. The zero-order chi connectivity index (χ0) is 14.0. The molecule has 0 radical (unpaired) electrons. The second-order valence-electron chi connectivity index (χ2n) is 5.83. The van der Waals surface area contributed by atoms with E-state index in [2.05, 4.69) is 6.92 Å². The van der Waals surface area contributed by atoms with E-state index in [1.165, 1.54) is 63.2 Å². The molecule has 0 atom stereocenters. The smallest absolute Gasteiger partial charge is 0.171 e. The van der Waals surface area contributed by atoms with Crippen LogP contribution in [-0.2, 0) is 9.84 Å². The molecule has 0 aromatic carbocycles. The van der Waals surface area contributed by atoms with Gasteiger partial charge in [0.15, 0.2) is 9.84 Å². The second-order valence-corrected chi connectivity index (χ2v) is 7.79. The fourth-order valence-corrected chi connectivity index (χ4v) is 4.08. The van der Waals surface area contributed by atoms with Crippen LogP contribution in [0.4, 0.5) is 0 Å². The highest BCUT2D eigenvalue weighted by Gasteiger charge is 2.17. The highest BCUT2D eigenvalue weighted by molar-refractivity contribution is 7.94. The summed E-state index contributed by atoms with van der Waals surface area (Å²) in [6.07, 6.45) is 15.1. The van der Waals surface area contributed by atoms with Gasteiger partial charge in [-0.15, -0.1) is 0 Å². The molecule has 0 amide bonds. The van der Waals surface area contributed by atoms with Gasteiger partial charge in [-0.25, -0.2) is 8.42 Å². The number of rotatable bonds is 11. The molecule has 0 bridgehead atoms. The number of sulfone groups is 1. The first-order valence-electron chi connectivity index (χ1n) is 8.06. The van der Waals surface area contributed by atoms with Crippen molar-refractivity contribution in [1.82, 2.24) is 0 Å². The molecule has 19 heavy (non-hydrogen) atoms. The summed E-state index contributed by atoms with van der Waals surface area (Å²) in [6.45, 7) is 2.25. The van der Waals surface area contributed by atoms with Crippen LogP contribution in [0.3, 0.4) is 0 Å². The summed E-state index contributed by atoms with van der Waals surface area (Å²) in [6, 6.07) is 0. The predicted molar refractivity (Wildman–Crippen MR) is 82.9 cm³/mol. The molecule has 0 aliphatic carbocycles. The van der Waals surface area contributed by atoms with Crippen LogP contribution < -0.4 is 0 Å². The zero-order valence-corrected chi connectivity index (χ0v) is 13.3. The third-order valence-electron chi connectivity index (χ3n) is 3.91.